The van der Waals surface area contributed by atoms with Gasteiger partial charge in [-0.25, -0.2) is 0 Å². The fourth-order valence-corrected chi connectivity index (χ4v) is 5.15. The SMILES string of the molecule is CCc1ccc(S(=O)(=O)n2nc(OCCOc3c(Cl)cccc3Cl)c3cc(OC)ccc32)cc1. The molecule has 0 fully saturated rings. The minimum absolute atomic E-state index is 0.0795. The molecule has 1 aromatic heterocycles. The molecule has 4 rings (SSSR count). The molecule has 1 heterocycles. The van der Waals surface area contributed by atoms with Crippen molar-refractivity contribution in [2.24, 2.45) is 0 Å². The maximum absolute atomic E-state index is 13.4. The van der Waals surface area contributed by atoms with Crippen LogP contribution in [0, 0.1) is 0 Å². The predicted octanol–water partition coefficient (Wildman–Crippen LogP) is 5.61. The van der Waals surface area contributed by atoms with Crippen LogP contribution < -0.4 is 14.2 Å². The van der Waals surface area contributed by atoms with Crippen LogP contribution in [0.1, 0.15) is 12.5 Å². The van der Waals surface area contributed by atoms with Crippen molar-refractivity contribution in [1.82, 2.24) is 9.19 Å². The van der Waals surface area contributed by atoms with Gasteiger partial charge in [-0.3, -0.25) is 0 Å². The van der Waals surface area contributed by atoms with Gasteiger partial charge in [0, 0.05) is 0 Å². The fraction of sp³-hybridized carbons (Fsp3) is 0.208. The first kappa shape index (κ1) is 24.2. The zero-order valence-electron chi connectivity index (χ0n) is 18.5. The maximum Gasteiger partial charge on any atom is 0.283 e. The quantitative estimate of drug-likeness (QED) is 0.267. The first-order chi connectivity index (χ1) is 16.3. The second-order valence-electron chi connectivity index (χ2n) is 7.28. The second kappa shape index (κ2) is 10.1. The molecule has 7 nitrogen and oxygen atoms in total. The van der Waals surface area contributed by atoms with Gasteiger partial charge in [0.2, 0.25) is 5.88 Å². The zero-order valence-corrected chi connectivity index (χ0v) is 20.8. The maximum atomic E-state index is 13.4. The van der Waals surface area contributed by atoms with Crippen LogP contribution in [0.4, 0.5) is 0 Å². The lowest BCUT2D eigenvalue weighted by Gasteiger charge is -2.10. The summed E-state index contributed by atoms with van der Waals surface area (Å²) >= 11 is 12.2. The Morgan fingerprint density at radius 2 is 1.62 bits per heavy atom. The molecule has 4 aromatic rings. The average molecular weight is 521 g/mol. The molecule has 0 aliphatic carbocycles. The van der Waals surface area contributed by atoms with Crippen LogP contribution in [0.25, 0.3) is 10.9 Å². The molecule has 0 radical (unpaired) electrons. The van der Waals surface area contributed by atoms with Crippen molar-refractivity contribution < 1.29 is 22.6 Å². The van der Waals surface area contributed by atoms with Crippen LogP contribution in [-0.2, 0) is 16.4 Å². The number of nitrogens with zero attached hydrogens (tertiary/aromatic N) is 2. The van der Waals surface area contributed by atoms with E-state index in [0.717, 1.165) is 16.1 Å². The van der Waals surface area contributed by atoms with Crippen LogP contribution in [-0.4, -0.2) is 37.9 Å². The van der Waals surface area contributed by atoms with Gasteiger partial charge >= 0.3 is 0 Å². The third-order valence-electron chi connectivity index (χ3n) is 5.17. The molecule has 34 heavy (non-hydrogen) atoms. The van der Waals surface area contributed by atoms with Gasteiger partial charge in [0.1, 0.15) is 19.0 Å². The van der Waals surface area contributed by atoms with Gasteiger partial charge in [0.15, 0.2) is 5.75 Å². The summed E-state index contributed by atoms with van der Waals surface area (Å²) in [5.74, 6) is 1.03. The average Bonchev–Trinajstić information content (AvgIpc) is 3.22. The number of benzene rings is 3. The Bertz CT molecular complexity index is 1400. The molecule has 0 atom stereocenters. The molecule has 0 bridgehead atoms. The number of hydrogen-bond donors (Lipinski definition) is 0. The number of ether oxygens (including phenoxy) is 3. The van der Waals surface area contributed by atoms with Gasteiger partial charge in [-0.05, 0) is 54.4 Å². The van der Waals surface area contributed by atoms with Gasteiger partial charge in [-0.2, -0.15) is 8.42 Å². The van der Waals surface area contributed by atoms with E-state index in [1.165, 1.54) is 7.11 Å². The van der Waals surface area contributed by atoms with E-state index in [-0.39, 0.29) is 24.0 Å². The molecule has 0 saturated carbocycles. The minimum Gasteiger partial charge on any atom is -0.497 e. The monoisotopic (exact) mass is 520 g/mol. The molecule has 0 saturated heterocycles. The minimum atomic E-state index is -3.96. The Balaban J connectivity index is 1.63. The highest BCUT2D eigenvalue weighted by atomic mass is 35.5. The molecule has 0 N–H and O–H groups in total. The van der Waals surface area contributed by atoms with E-state index in [0.29, 0.717) is 32.4 Å². The molecular weight excluding hydrogens is 499 g/mol. The lowest BCUT2D eigenvalue weighted by Crippen LogP contribution is -2.15. The van der Waals surface area contributed by atoms with E-state index >= 15 is 0 Å². The number of methoxy groups -OCH3 is 1. The molecule has 3 aromatic carbocycles. The van der Waals surface area contributed by atoms with Crippen LogP contribution in [0.15, 0.2) is 65.6 Å². The summed E-state index contributed by atoms with van der Waals surface area (Å²) in [6.45, 7) is 2.20. The Labute approximate surface area is 207 Å². The largest absolute Gasteiger partial charge is 0.497 e. The van der Waals surface area contributed by atoms with Gasteiger partial charge in [0.05, 0.1) is 33.0 Å². The summed E-state index contributed by atoms with van der Waals surface area (Å²) in [7, 11) is -2.43. The van der Waals surface area contributed by atoms with Crippen molar-refractivity contribution >= 4 is 44.1 Å². The van der Waals surface area contributed by atoms with Gasteiger partial charge in [-0.15, -0.1) is 9.19 Å². The molecular formula is C24H22Cl2N2O5S. The smallest absolute Gasteiger partial charge is 0.283 e. The predicted molar refractivity (Wildman–Crippen MR) is 132 cm³/mol. The Morgan fingerprint density at radius 3 is 2.26 bits per heavy atom. The molecule has 178 valence electrons. The topological polar surface area (TPSA) is 79.7 Å². The third-order valence-corrected chi connectivity index (χ3v) is 7.36. The van der Waals surface area contributed by atoms with E-state index in [2.05, 4.69) is 5.10 Å². The second-order valence-corrected chi connectivity index (χ2v) is 9.86. The Kier molecular flexibility index (Phi) is 7.21. The van der Waals surface area contributed by atoms with Crippen LogP contribution in [0.5, 0.6) is 17.4 Å². The molecule has 0 aliphatic rings. The van der Waals surface area contributed by atoms with E-state index in [4.69, 9.17) is 37.4 Å². The van der Waals surface area contributed by atoms with Gasteiger partial charge in [-0.1, -0.05) is 48.3 Å². The highest BCUT2D eigenvalue weighted by Gasteiger charge is 2.24. The summed E-state index contributed by atoms with van der Waals surface area (Å²) in [5.41, 5.74) is 1.40. The van der Waals surface area contributed by atoms with E-state index in [1.54, 1.807) is 60.7 Å². The Hall–Kier alpha value is -2.94. The van der Waals surface area contributed by atoms with Gasteiger partial charge < -0.3 is 14.2 Å². The molecule has 0 spiro atoms. The Morgan fingerprint density at radius 1 is 0.941 bits per heavy atom. The van der Waals surface area contributed by atoms with Gasteiger partial charge in [0.25, 0.3) is 10.0 Å². The van der Waals surface area contributed by atoms with Crippen molar-refractivity contribution in [3.05, 3.63) is 76.3 Å². The molecule has 0 amide bonds. The fourth-order valence-electron chi connectivity index (χ4n) is 3.36. The standard InChI is InChI=1S/C24H22Cl2N2O5S/c1-3-16-7-10-18(11-8-16)34(29,30)28-22-12-9-17(31-2)15-19(22)24(27-28)33-14-13-32-23-20(25)5-4-6-21(23)26/h4-12,15H,3,13-14H2,1-2H3. The van der Waals surface area contributed by atoms with E-state index in [9.17, 15) is 8.42 Å². The number of halogens is 2. The number of aromatic nitrogens is 2. The highest BCUT2D eigenvalue weighted by molar-refractivity contribution is 7.90. The number of rotatable bonds is 9. The highest BCUT2D eigenvalue weighted by Crippen LogP contribution is 2.33. The van der Waals surface area contributed by atoms with Crippen LogP contribution in [0.3, 0.4) is 0 Å². The normalized spacial score (nSPS) is 11.5. The summed E-state index contributed by atoms with van der Waals surface area (Å²) in [6, 6.07) is 16.8. The molecule has 10 heteroatoms. The number of fused-ring (bicyclic) bond motifs is 1. The molecule has 0 aliphatic heterocycles. The first-order valence-electron chi connectivity index (χ1n) is 10.5. The summed E-state index contributed by atoms with van der Waals surface area (Å²) in [5, 5.41) is 5.53. The van der Waals surface area contributed by atoms with Crippen molar-refractivity contribution in [3.8, 4) is 17.4 Å². The summed E-state index contributed by atoms with van der Waals surface area (Å²) in [6.07, 6.45) is 0.810. The van der Waals surface area contributed by atoms with Crippen molar-refractivity contribution in [1.29, 1.82) is 0 Å². The number of hydrogen-bond acceptors (Lipinski definition) is 6. The van der Waals surface area contributed by atoms with Crippen molar-refractivity contribution in [2.45, 2.75) is 18.2 Å². The van der Waals surface area contributed by atoms with Crippen molar-refractivity contribution in [3.63, 3.8) is 0 Å². The summed E-state index contributed by atoms with van der Waals surface area (Å²) < 4.78 is 44.5. The van der Waals surface area contributed by atoms with Crippen molar-refractivity contribution in [2.75, 3.05) is 20.3 Å². The third kappa shape index (κ3) is 4.80. The molecule has 0 unspecified atom stereocenters. The first-order valence-corrected chi connectivity index (χ1v) is 12.7. The van der Waals surface area contributed by atoms with Crippen LogP contribution in [0.2, 0.25) is 10.0 Å². The zero-order chi connectivity index (χ0) is 24.3. The van der Waals surface area contributed by atoms with E-state index in [1.807, 2.05) is 6.92 Å². The van der Waals surface area contributed by atoms with Crippen LogP contribution >= 0.6 is 23.2 Å². The number of para-hydroxylation sites is 1. The lowest BCUT2D eigenvalue weighted by atomic mass is 10.2. The summed E-state index contributed by atoms with van der Waals surface area (Å²) in [4.78, 5) is 0.133. The van der Waals surface area contributed by atoms with E-state index < -0.39 is 10.0 Å². The lowest BCUT2D eigenvalue weighted by molar-refractivity contribution is 0.213. The number of aryl methyl sites for hydroxylation is 1.